The molecule has 2 aliphatic heterocycles. The number of carbonyl (C=O) groups is 3. The van der Waals surface area contributed by atoms with E-state index in [1.807, 2.05) is 0 Å². The number of anilines is 1. The number of hydrogen-bond donors (Lipinski definition) is 2. The van der Waals surface area contributed by atoms with Crippen molar-refractivity contribution in [3.63, 3.8) is 0 Å². The zero-order chi connectivity index (χ0) is 15.2. The van der Waals surface area contributed by atoms with Crippen molar-refractivity contribution in [2.45, 2.75) is 31.2 Å². The molecule has 7 heteroatoms. The highest BCUT2D eigenvalue weighted by atomic mass is 16.2. The van der Waals surface area contributed by atoms with Crippen LogP contribution in [0.25, 0.3) is 0 Å². The van der Waals surface area contributed by atoms with Gasteiger partial charge in [-0.2, -0.15) is 0 Å². The SMILES string of the molecule is BC1(N2Cc3c(N)cccc3C2=O)CCCC(=O)NC1=O. The predicted molar refractivity (Wildman–Crippen MR) is 79.0 cm³/mol. The van der Waals surface area contributed by atoms with E-state index in [1.165, 1.54) is 4.90 Å². The lowest BCUT2D eigenvalue weighted by atomic mass is 9.72. The maximum Gasteiger partial charge on any atom is 0.254 e. The minimum absolute atomic E-state index is 0.204. The summed E-state index contributed by atoms with van der Waals surface area (Å²) >= 11 is 0. The molecule has 6 nitrogen and oxygen atoms in total. The second kappa shape index (κ2) is 4.61. The Morgan fingerprint density at radius 1 is 1.29 bits per heavy atom. The maximum atomic E-state index is 12.6. The Labute approximate surface area is 123 Å². The number of benzene rings is 1. The number of rotatable bonds is 1. The molecule has 2 heterocycles. The second-order valence-corrected chi connectivity index (χ2v) is 5.77. The van der Waals surface area contributed by atoms with Crippen molar-refractivity contribution in [1.29, 1.82) is 0 Å². The van der Waals surface area contributed by atoms with Gasteiger partial charge in [0.2, 0.25) is 11.8 Å². The first kappa shape index (κ1) is 13.7. The van der Waals surface area contributed by atoms with Crippen LogP contribution >= 0.6 is 0 Å². The fraction of sp³-hybridized carbons (Fsp3) is 0.357. The lowest BCUT2D eigenvalue weighted by Crippen LogP contribution is -2.59. The molecule has 0 aromatic heterocycles. The zero-order valence-corrected chi connectivity index (χ0v) is 11.8. The average molecular weight is 285 g/mol. The van der Waals surface area contributed by atoms with Gasteiger partial charge in [0, 0.05) is 29.8 Å². The number of amides is 3. The van der Waals surface area contributed by atoms with E-state index >= 15 is 0 Å². The molecule has 21 heavy (non-hydrogen) atoms. The van der Waals surface area contributed by atoms with Gasteiger partial charge in [0.1, 0.15) is 7.85 Å². The number of carbonyl (C=O) groups excluding carboxylic acids is 3. The number of nitrogens with one attached hydrogen (secondary N) is 1. The molecule has 108 valence electrons. The molecule has 1 saturated heterocycles. The van der Waals surface area contributed by atoms with E-state index in [1.54, 1.807) is 26.0 Å². The van der Waals surface area contributed by atoms with Crippen LogP contribution in [-0.4, -0.2) is 35.9 Å². The molecule has 1 fully saturated rings. The molecule has 0 saturated carbocycles. The third-order valence-corrected chi connectivity index (χ3v) is 4.41. The molecule has 1 atom stereocenters. The number of fused-ring (bicyclic) bond motifs is 1. The number of imide groups is 1. The van der Waals surface area contributed by atoms with Gasteiger partial charge in [-0.1, -0.05) is 6.07 Å². The van der Waals surface area contributed by atoms with Crippen LogP contribution in [0.5, 0.6) is 0 Å². The summed E-state index contributed by atoms with van der Waals surface area (Å²) < 4.78 is 0. The number of hydrogen-bond acceptors (Lipinski definition) is 4. The first-order valence-corrected chi connectivity index (χ1v) is 6.97. The highest BCUT2D eigenvalue weighted by molar-refractivity contribution is 6.31. The molecule has 1 unspecified atom stereocenters. The van der Waals surface area contributed by atoms with Gasteiger partial charge in [-0.3, -0.25) is 19.7 Å². The van der Waals surface area contributed by atoms with Gasteiger partial charge >= 0.3 is 0 Å². The molecule has 1 aromatic rings. The second-order valence-electron chi connectivity index (χ2n) is 5.77. The van der Waals surface area contributed by atoms with Gasteiger partial charge in [-0.05, 0) is 25.0 Å². The molecule has 3 rings (SSSR count). The Kier molecular flexibility index (Phi) is 3.00. The molecule has 0 spiro atoms. The molecule has 2 aliphatic rings. The van der Waals surface area contributed by atoms with Crippen molar-refractivity contribution in [3.8, 4) is 0 Å². The van der Waals surface area contributed by atoms with Crippen LogP contribution in [0.2, 0.25) is 0 Å². The number of nitrogen functional groups attached to an aromatic ring is 1. The van der Waals surface area contributed by atoms with Crippen LogP contribution in [0.15, 0.2) is 18.2 Å². The first-order valence-electron chi connectivity index (χ1n) is 6.97. The Morgan fingerprint density at radius 3 is 2.76 bits per heavy atom. The van der Waals surface area contributed by atoms with Crippen LogP contribution in [0.1, 0.15) is 35.2 Å². The van der Waals surface area contributed by atoms with Crippen LogP contribution in [0, 0.1) is 0 Å². The molecular formula is C14H16BN3O3. The predicted octanol–water partition coefficient (Wildman–Crippen LogP) is -0.619. The molecule has 0 aliphatic carbocycles. The molecule has 0 bridgehead atoms. The number of nitrogens with zero attached hydrogens (tertiary/aromatic N) is 1. The van der Waals surface area contributed by atoms with Crippen molar-refractivity contribution in [3.05, 3.63) is 29.3 Å². The van der Waals surface area contributed by atoms with Crippen LogP contribution in [0.4, 0.5) is 5.69 Å². The van der Waals surface area contributed by atoms with E-state index in [-0.39, 0.29) is 11.8 Å². The van der Waals surface area contributed by atoms with Gasteiger partial charge in [0.05, 0.1) is 5.44 Å². The van der Waals surface area contributed by atoms with Crippen molar-refractivity contribution in [2.75, 3.05) is 5.73 Å². The van der Waals surface area contributed by atoms with Gasteiger partial charge in [0.25, 0.3) is 5.91 Å². The first-order chi connectivity index (χ1) is 9.93. The summed E-state index contributed by atoms with van der Waals surface area (Å²) in [7, 11) is 1.71. The smallest absolute Gasteiger partial charge is 0.254 e. The minimum Gasteiger partial charge on any atom is -0.398 e. The average Bonchev–Trinajstić information content (AvgIpc) is 2.71. The third-order valence-electron chi connectivity index (χ3n) is 4.41. The van der Waals surface area contributed by atoms with Gasteiger partial charge in [-0.15, -0.1) is 0 Å². The Hall–Kier alpha value is -2.31. The summed E-state index contributed by atoms with van der Waals surface area (Å²) in [6.07, 6.45) is 1.34. The lowest BCUT2D eigenvalue weighted by molar-refractivity contribution is -0.133. The van der Waals surface area contributed by atoms with Gasteiger partial charge in [-0.25, -0.2) is 0 Å². The summed E-state index contributed by atoms with van der Waals surface area (Å²) in [6.45, 7) is 0.305. The van der Waals surface area contributed by atoms with E-state index in [2.05, 4.69) is 5.32 Å². The largest absolute Gasteiger partial charge is 0.398 e. The number of nitrogens with two attached hydrogens (primary N) is 1. The maximum absolute atomic E-state index is 12.6. The standard InChI is InChI=1S/C14H16BN3O3/c15-14(6-2-5-11(19)17-13(14)21)18-7-9-8(12(18)20)3-1-4-10(9)16/h1,3-4H,2,5-7,15-16H2,(H,17,19,21). The van der Waals surface area contributed by atoms with Crippen molar-refractivity contribution in [1.82, 2.24) is 10.2 Å². The molecule has 1 aromatic carbocycles. The minimum atomic E-state index is -1.02. The van der Waals surface area contributed by atoms with Crippen LogP contribution < -0.4 is 11.1 Å². The van der Waals surface area contributed by atoms with Crippen LogP contribution in [-0.2, 0) is 16.1 Å². The lowest BCUT2D eigenvalue weighted by Gasteiger charge is -2.36. The van der Waals surface area contributed by atoms with E-state index in [0.717, 1.165) is 5.56 Å². The van der Waals surface area contributed by atoms with Crippen molar-refractivity contribution >= 4 is 31.3 Å². The normalized spacial score (nSPS) is 25.5. The Balaban J connectivity index is 1.98. The fourth-order valence-corrected chi connectivity index (χ4v) is 3.04. The topological polar surface area (TPSA) is 92.5 Å². The third kappa shape index (κ3) is 2.00. The molecule has 3 amide bonds. The van der Waals surface area contributed by atoms with E-state index < -0.39 is 11.3 Å². The quantitative estimate of drug-likeness (QED) is 0.408. The summed E-state index contributed by atoms with van der Waals surface area (Å²) in [6, 6.07) is 5.19. The molecular weight excluding hydrogens is 269 g/mol. The van der Waals surface area contributed by atoms with Gasteiger partial charge in [0.15, 0.2) is 0 Å². The monoisotopic (exact) mass is 285 g/mol. The van der Waals surface area contributed by atoms with Crippen LogP contribution in [0.3, 0.4) is 0 Å². The Morgan fingerprint density at radius 2 is 2.05 bits per heavy atom. The van der Waals surface area contributed by atoms with Crippen molar-refractivity contribution in [2.24, 2.45) is 0 Å². The molecule has 0 radical (unpaired) electrons. The zero-order valence-electron chi connectivity index (χ0n) is 11.8. The van der Waals surface area contributed by atoms with E-state index in [4.69, 9.17) is 5.73 Å². The summed E-state index contributed by atoms with van der Waals surface area (Å²) in [5.74, 6) is -0.901. The highest BCUT2D eigenvalue weighted by Gasteiger charge is 2.47. The van der Waals surface area contributed by atoms with Crippen molar-refractivity contribution < 1.29 is 14.4 Å². The molecule has 3 N–H and O–H groups in total. The van der Waals surface area contributed by atoms with E-state index in [9.17, 15) is 14.4 Å². The fourth-order valence-electron chi connectivity index (χ4n) is 3.04. The summed E-state index contributed by atoms with van der Waals surface area (Å²) in [5.41, 5.74) is 6.75. The summed E-state index contributed by atoms with van der Waals surface area (Å²) in [4.78, 5) is 38.0. The van der Waals surface area contributed by atoms with E-state index in [0.29, 0.717) is 37.1 Å². The van der Waals surface area contributed by atoms with Gasteiger partial charge < -0.3 is 10.6 Å². The Bertz CT molecular complexity index is 661. The summed E-state index contributed by atoms with van der Waals surface area (Å²) in [5, 5.41) is 2.37. The highest BCUT2D eigenvalue weighted by Crippen LogP contribution is 2.34.